The summed E-state index contributed by atoms with van der Waals surface area (Å²) in [5.41, 5.74) is 1.73. The van der Waals surface area contributed by atoms with Gasteiger partial charge in [0.25, 0.3) is 0 Å². The minimum absolute atomic E-state index is 0.0701. The Labute approximate surface area is 155 Å². The van der Waals surface area contributed by atoms with Crippen molar-refractivity contribution < 1.29 is 14.4 Å². The van der Waals surface area contributed by atoms with Gasteiger partial charge in [-0.25, -0.2) is 0 Å². The molecule has 0 unspecified atom stereocenters. The van der Waals surface area contributed by atoms with Crippen LogP contribution in [0.5, 0.6) is 0 Å². The lowest BCUT2D eigenvalue weighted by molar-refractivity contribution is -0.137. The molecule has 0 aromatic heterocycles. The number of rotatable bonds is 4. The molecule has 2 aliphatic rings. The van der Waals surface area contributed by atoms with Crippen molar-refractivity contribution in [2.75, 3.05) is 13.1 Å². The Morgan fingerprint density at radius 3 is 2.58 bits per heavy atom. The molecule has 0 saturated carbocycles. The van der Waals surface area contributed by atoms with Crippen molar-refractivity contribution in [3.8, 4) is 0 Å². The lowest BCUT2D eigenvalue weighted by Crippen LogP contribution is -2.48. The summed E-state index contributed by atoms with van der Waals surface area (Å²) in [6.45, 7) is 7.19. The summed E-state index contributed by atoms with van der Waals surface area (Å²) in [5, 5.41) is 2.74. The molecule has 1 N–H and O–H groups in total. The van der Waals surface area contributed by atoms with Gasteiger partial charge in [-0.15, -0.1) is 0 Å². The Balaban J connectivity index is 1.56. The van der Waals surface area contributed by atoms with E-state index in [2.05, 4.69) is 36.5 Å². The minimum atomic E-state index is -0.897. The van der Waals surface area contributed by atoms with Crippen LogP contribution in [0.2, 0.25) is 0 Å². The largest absolute Gasteiger partial charge is 0.343 e. The quantitative estimate of drug-likeness (QED) is 0.843. The smallest absolute Gasteiger partial charge is 0.228 e. The number of carbonyl (C=O) groups is 3. The van der Waals surface area contributed by atoms with Crippen LogP contribution in [-0.2, 0) is 14.4 Å². The van der Waals surface area contributed by atoms with Crippen molar-refractivity contribution in [3.05, 3.63) is 35.4 Å². The van der Waals surface area contributed by atoms with Gasteiger partial charge >= 0.3 is 0 Å². The first-order valence-corrected chi connectivity index (χ1v) is 9.48. The topological polar surface area (TPSA) is 66.5 Å². The fourth-order valence-corrected chi connectivity index (χ4v) is 4.30. The molecule has 2 amide bonds. The van der Waals surface area contributed by atoms with Crippen molar-refractivity contribution in [1.29, 1.82) is 0 Å². The number of carbonyl (C=O) groups excluding carboxylic acids is 3. The average Bonchev–Trinajstić information content (AvgIpc) is 2.86. The van der Waals surface area contributed by atoms with Gasteiger partial charge in [0.05, 0.1) is 12.0 Å². The highest BCUT2D eigenvalue weighted by Gasteiger charge is 2.44. The Bertz CT molecular complexity index is 722. The standard InChI is InChI=1S/C21H28N2O3/c1-14-5-4-6-17(11-14)16-7-9-23(10-8-16)20(26)15(2)13-21(3)18(24)12-19(25)22-21/h4-6,11,15-16H,7-10,12-13H2,1-3H3,(H,22,25)/t15-,21+/m0/s1. The van der Waals surface area contributed by atoms with E-state index < -0.39 is 5.54 Å². The number of Topliss-reactive ketones (excluding diaryl/α,β-unsaturated/α-hetero) is 1. The molecule has 1 aromatic rings. The highest BCUT2D eigenvalue weighted by molar-refractivity contribution is 6.10. The molecule has 2 saturated heterocycles. The van der Waals surface area contributed by atoms with Crippen LogP contribution in [0.1, 0.15) is 56.6 Å². The summed E-state index contributed by atoms with van der Waals surface area (Å²) in [6.07, 6.45) is 2.23. The van der Waals surface area contributed by atoms with Crippen LogP contribution in [0.4, 0.5) is 0 Å². The zero-order chi connectivity index (χ0) is 18.9. The van der Waals surface area contributed by atoms with Crippen molar-refractivity contribution in [2.45, 2.75) is 57.9 Å². The van der Waals surface area contributed by atoms with Crippen LogP contribution in [0.25, 0.3) is 0 Å². The van der Waals surface area contributed by atoms with E-state index in [1.54, 1.807) is 6.92 Å². The zero-order valence-electron chi connectivity index (χ0n) is 15.9. The third-order valence-electron chi connectivity index (χ3n) is 5.81. The lowest BCUT2D eigenvalue weighted by Gasteiger charge is -2.35. The second-order valence-electron chi connectivity index (χ2n) is 8.10. The molecule has 5 heteroatoms. The van der Waals surface area contributed by atoms with Crippen molar-refractivity contribution in [1.82, 2.24) is 10.2 Å². The van der Waals surface area contributed by atoms with Crippen LogP contribution in [-0.4, -0.2) is 41.1 Å². The first-order valence-electron chi connectivity index (χ1n) is 9.48. The van der Waals surface area contributed by atoms with E-state index in [1.807, 2.05) is 11.8 Å². The van der Waals surface area contributed by atoms with Crippen LogP contribution in [0.15, 0.2) is 24.3 Å². The molecule has 5 nitrogen and oxygen atoms in total. The molecular formula is C21H28N2O3. The fourth-order valence-electron chi connectivity index (χ4n) is 4.30. The summed E-state index contributed by atoms with van der Waals surface area (Å²) in [4.78, 5) is 38.3. The molecule has 2 fully saturated rings. The van der Waals surface area contributed by atoms with E-state index in [-0.39, 0.29) is 29.9 Å². The molecule has 3 rings (SSSR count). The predicted octanol–water partition coefficient (Wildman–Crippen LogP) is 2.57. The number of ketones is 1. The predicted molar refractivity (Wildman–Crippen MR) is 99.7 cm³/mol. The van der Waals surface area contributed by atoms with Gasteiger partial charge in [0, 0.05) is 19.0 Å². The van der Waals surface area contributed by atoms with E-state index in [9.17, 15) is 14.4 Å². The van der Waals surface area contributed by atoms with E-state index in [4.69, 9.17) is 0 Å². The molecule has 0 aliphatic carbocycles. The van der Waals surface area contributed by atoms with Crippen molar-refractivity contribution >= 4 is 17.6 Å². The third-order valence-corrected chi connectivity index (χ3v) is 5.81. The monoisotopic (exact) mass is 356 g/mol. The Kier molecular flexibility index (Phi) is 5.17. The molecule has 2 heterocycles. The Morgan fingerprint density at radius 2 is 2.00 bits per heavy atom. The number of likely N-dealkylation sites (tertiary alicyclic amines) is 1. The fraction of sp³-hybridized carbons (Fsp3) is 0.571. The normalized spacial score (nSPS) is 25.3. The number of piperidine rings is 1. The molecule has 0 spiro atoms. The lowest BCUT2D eigenvalue weighted by atomic mass is 9.85. The summed E-state index contributed by atoms with van der Waals surface area (Å²) < 4.78 is 0. The van der Waals surface area contributed by atoms with Gasteiger partial charge < -0.3 is 10.2 Å². The minimum Gasteiger partial charge on any atom is -0.343 e. The van der Waals surface area contributed by atoms with Crippen LogP contribution in [0, 0.1) is 12.8 Å². The van der Waals surface area contributed by atoms with Gasteiger partial charge in [-0.3, -0.25) is 14.4 Å². The maximum absolute atomic E-state index is 12.8. The van der Waals surface area contributed by atoms with Crippen LogP contribution >= 0.6 is 0 Å². The van der Waals surface area contributed by atoms with Crippen LogP contribution < -0.4 is 5.32 Å². The first kappa shape index (κ1) is 18.6. The van der Waals surface area contributed by atoms with E-state index in [1.165, 1.54) is 11.1 Å². The number of nitrogens with one attached hydrogen (secondary N) is 1. The van der Waals surface area contributed by atoms with Crippen molar-refractivity contribution in [3.63, 3.8) is 0 Å². The molecule has 2 atom stereocenters. The molecular weight excluding hydrogens is 328 g/mol. The summed E-state index contributed by atoms with van der Waals surface area (Å²) in [5.74, 6) is -0.0420. The van der Waals surface area contributed by atoms with Gasteiger partial charge in [-0.05, 0) is 44.6 Å². The van der Waals surface area contributed by atoms with E-state index in [0.717, 1.165) is 25.9 Å². The summed E-state index contributed by atoms with van der Waals surface area (Å²) in [7, 11) is 0. The number of benzene rings is 1. The number of amides is 2. The van der Waals surface area contributed by atoms with Gasteiger partial charge in [0.1, 0.15) is 0 Å². The number of nitrogens with zero attached hydrogens (tertiary/aromatic N) is 1. The van der Waals surface area contributed by atoms with Gasteiger partial charge in [-0.1, -0.05) is 36.8 Å². The Morgan fingerprint density at radius 1 is 1.31 bits per heavy atom. The molecule has 26 heavy (non-hydrogen) atoms. The summed E-state index contributed by atoms with van der Waals surface area (Å²) in [6, 6.07) is 8.61. The number of hydrogen-bond acceptors (Lipinski definition) is 3. The maximum Gasteiger partial charge on any atom is 0.228 e. The highest BCUT2D eigenvalue weighted by atomic mass is 16.2. The van der Waals surface area contributed by atoms with E-state index in [0.29, 0.717) is 12.3 Å². The van der Waals surface area contributed by atoms with E-state index >= 15 is 0 Å². The highest BCUT2D eigenvalue weighted by Crippen LogP contribution is 2.30. The molecule has 1 aromatic carbocycles. The molecule has 140 valence electrons. The van der Waals surface area contributed by atoms with Gasteiger partial charge in [-0.2, -0.15) is 0 Å². The second kappa shape index (κ2) is 7.22. The molecule has 0 radical (unpaired) electrons. The van der Waals surface area contributed by atoms with Crippen molar-refractivity contribution in [2.24, 2.45) is 5.92 Å². The second-order valence-corrected chi connectivity index (χ2v) is 8.10. The molecule has 0 bridgehead atoms. The zero-order valence-corrected chi connectivity index (χ0v) is 15.9. The van der Waals surface area contributed by atoms with Crippen LogP contribution in [0.3, 0.4) is 0 Å². The van der Waals surface area contributed by atoms with Gasteiger partial charge in [0.15, 0.2) is 5.78 Å². The summed E-state index contributed by atoms with van der Waals surface area (Å²) >= 11 is 0. The average molecular weight is 356 g/mol. The first-order chi connectivity index (χ1) is 12.3. The van der Waals surface area contributed by atoms with Gasteiger partial charge in [0.2, 0.25) is 11.8 Å². The molecule has 2 aliphatic heterocycles. The Hall–Kier alpha value is -2.17. The maximum atomic E-state index is 12.8. The number of hydrogen-bond donors (Lipinski definition) is 1. The number of aryl methyl sites for hydroxylation is 1. The SMILES string of the molecule is Cc1cccc(C2CCN(C(=O)[C@@H](C)C[C@@]3(C)NC(=O)CC3=O)CC2)c1. The third kappa shape index (κ3) is 3.81.